The second-order valence-electron chi connectivity index (χ2n) is 5.33. The van der Waals surface area contributed by atoms with Crippen molar-refractivity contribution in [3.8, 4) is 0 Å². The summed E-state index contributed by atoms with van der Waals surface area (Å²) in [5.74, 6) is 0.619. The Morgan fingerprint density at radius 2 is 2.25 bits per heavy atom. The molecule has 0 spiro atoms. The lowest BCUT2D eigenvalue weighted by Gasteiger charge is -2.35. The Morgan fingerprint density at radius 1 is 1.50 bits per heavy atom. The van der Waals surface area contributed by atoms with E-state index in [0.717, 1.165) is 32.2 Å². The molecule has 1 aliphatic rings. The van der Waals surface area contributed by atoms with Gasteiger partial charge in [0.25, 0.3) is 0 Å². The zero-order chi connectivity index (χ0) is 14.7. The van der Waals surface area contributed by atoms with Crippen LogP contribution >= 0.6 is 0 Å². The molecule has 2 heterocycles. The minimum atomic E-state index is -0.296. The molecular formula is C13H23N5O2. The first kappa shape index (κ1) is 14.8. The van der Waals surface area contributed by atoms with Crippen molar-refractivity contribution in [2.24, 2.45) is 12.8 Å². The summed E-state index contributed by atoms with van der Waals surface area (Å²) in [5.41, 5.74) is 6.57. The van der Waals surface area contributed by atoms with Crippen molar-refractivity contribution in [1.29, 1.82) is 0 Å². The summed E-state index contributed by atoms with van der Waals surface area (Å²) in [5, 5.41) is 15.8. The van der Waals surface area contributed by atoms with E-state index in [0.29, 0.717) is 24.5 Å². The molecule has 0 radical (unpaired) electrons. The number of rotatable bonds is 5. The average molecular weight is 281 g/mol. The molecule has 2 rings (SSSR count). The first-order valence-corrected chi connectivity index (χ1v) is 7.27. The summed E-state index contributed by atoms with van der Waals surface area (Å²) in [7, 11) is 1.78. The Bertz CT molecular complexity index is 485. The molecule has 0 saturated carbocycles. The van der Waals surface area contributed by atoms with Gasteiger partial charge in [-0.25, -0.2) is 4.68 Å². The van der Waals surface area contributed by atoms with Gasteiger partial charge >= 0.3 is 5.69 Å². The summed E-state index contributed by atoms with van der Waals surface area (Å²) in [6.07, 6.45) is 4.64. The number of hydrogen-bond acceptors (Lipinski definition) is 5. The van der Waals surface area contributed by atoms with Gasteiger partial charge in [-0.2, -0.15) is 5.10 Å². The van der Waals surface area contributed by atoms with Crippen LogP contribution in [0, 0.1) is 10.1 Å². The zero-order valence-electron chi connectivity index (χ0n) is 12.2. The standard InChI is InChI=1S/C13H23N5O2/c1-3-6-11-12(18(19)20)13(16(2)15-11)17-8-5-4-7-10(17)9-14/h10H,3-9,14H2,1-2H3. The van der Waals surface area contributed by atoms with Crippen LogP contribution in [-0.4, -0.2) is 33.8 Å². The third kappa shape index (κ3) is 2.63. The molecule has 1 saturated heterocycles. The van der Waals surface area contributed by atoms with Crippen molar-refractivity contribution in [2.45, 2.75) is 45.1 Å². The monoisotopic (exact) mass is 281 g/mol. The maximum absolute atomic E-state index is 11.5. The van der Waals surface area contributed by atoms with Crippen molar-refractivity contribution in [3.63, 3.8) is 0 Å². The van der Waals surface area contributed by atoms with E-state index in [1.807, 2.05) is 6.92 Å². The Morgan fingerprint density at radius 3 is 2.85 bits per heavy atom. The predicted octanol–water partition coefficient (Wildman–Crippen LogP) is 1.60. The Kier molecular flexibility index (Phi) is 4.59. The van der Waals surface area contributed by atoms with Crippen LogP contribution in [0.25, 0.3) is 0 Å². The van der Waals surface area contributed by atoms with Crippen LogP contribution in [0.3, 0.4) is 0 Å². The topological polar surface area (TPSA) is 90.2 Å². The summed E-state index contributed by atoms with van der Waals surface area (Å²) in [4.78, 5) is 13.2. The number of nitrogens with zero attached hydrogens (tertiary/aromatic N) is 4. The normalized spacial score (nSPS) is 19.4. The van der Waals surface area contributed by atoms with E-state index < -0.39 is 0 Å². The molecule has 1 aromatic heterocycles. The third-order valence-electron chi connectivity index (χ3n) is 3.90. The molecule has 20 heavy (non-hydrogen) atoms. The fourth-order valence-corrected chi connectivity index (χ4v) is 3.00. The van der Waals surface area contributed by atoms with Crippen LogP contribution in [0.15, 0.2) is 0 Å². The second-order valence-corrected chi connectivity index (χ2v) is 5.33. The highest BCUT2D eigenvalue weighted by Gasteiger charge is 2.33. The largest absolute Gasteiger partial charge is 0.347 e. The smallest absolute Gasteiger partial charge is 0.334 e. The SMILES string of the molecule is CCCc1nn(C)c(N2CCCCC2CN)c1[N+](=O)[O-]. The number of aryl methyl sites for hydroxylation is 2. The van der Waals surface area contributed by atoms with Gasteiger partial charge in [0.15, 0.2) is 0 Å². The molecule has 1 aromatic rings. The van der Waals surface area contributed by atoms with Crippen LogP contribution in [0.4, 0.5) is 11.5 Å². The van der Waals surface area contributed by atoms with E-state index in [-0.39, 0.29) is 16.7 Å². The summed E-state index contributed by atoms with van der Waals surface area (Å²) < 4.78 is 1.65. The lowest BCUT2D eigenvalue weighted by molar-refractivity contribution is -0.384. The van der Waals surface area contributed by atoms with E-state index in [4.69, 9.17) is 5.73 Å². The van der Waals surface area contributed by atoms with Gasteiger partial charge in [0.1, 0.15) is 5.69 Å². The van der Waals surface area contributed by atoms with Crippen molar-refractivity contribution < 1.29 is 4.92 Å². The molecule has 1 atom stereocenters. The van der Waals surface area contributed by atoms with Gasteiger partial charge in [0.05, 0.1) is 4.92 Å². The van der Waals surface area contributed by atoms with E-state index in [1.165, 1.54) is 0 Å². The number of aromatic nitrogens is 2. The molecule has 7 nitrogen and oxygen atoms in total. The van der Waals surface area contributed by atoms with Gasteiger partial charge in [-0.05, 0) is 25.7 Å². The number of piperidine rings is 1. The predicted molar refractivity (Wildman–Crippen MR) is 77.9 cm³/mol. The van der Waals surface area contributed by atoms with Gasteiger partial charge in [-0.15, -0.1) is 0 Å². The van der Waals surface area contributed by atoms with Gasteiger partial charge in [0.2, 0.25) is 5.82 Å². The summed E-state index contributed by atoms with van der Waals surface area (Å²) >= 11 is 0. The van der Waals surface area contributed by atoms with Gasteiger partial charge in [-0.3, -0.25) is 10.1 Å². The van der Waals surface area contributed by atoms with Crippen LogP contribution in [-0.2, 0) is 13.5 Å². The lowest BCUT2D eigenvalue weighted by atomic mass is 10.0. The minimum absolute atomic E-state index is 0.162. The number of nitrogens with two attached hydrogens (primary N) is 1. The molecule has 0 aliphatic carbocycles. The summed E-state index contributed by atoms with van der Waals surface area (Å²) in [6, 6.07) is 0.173. The molecule has 0 amide bonds. The quantitative estimate of drug-likeness (QED) is 0.654. The van der Waals surface area contributed by atoms with Crippen molar-refractivity contribution in [2.75, 3.05) is 18.0 Å². The van der Waals surface area contributed by atoms with E-state index in [1.54, 1.807) is 11.7 Å². The first-order chi connectivity index (χ1) is 9.60. The van der Waals surface area contributed by atoms with Crippen LogP contribution in [0.5, 0.6) is 0 Å². The Balaban J connectivity index is 2.45. The molecule has 1 unspecified atom stereocenters. The van der Waals surface area contributed by atoms with E-state index in [2.05, 4.69) is 10.00 Å². The fraction of sp³-hybridized carbons (Fsp3) is 0.769. The molecule has 0 aromatic carbocycles. The Labute approximate surface area is 118 Å². The number of nitro groups is 1. The summed E-state index contributed by atoms with van der Waals surface area (Å²) in [6.45, 7) is 3.33. The van der Waals surface area contributed by atoms with E-state index >= 15 is 0 Å². The average Bonchev–Trinajstić information content (AvgIpc) is 2.75. The van der Waals surface area contributed by atoms with E-state index in [9.17, 15) is 10.1 Å². The van der Waals surface area contributed by atoms with Crippen LogP contribution in [0.2, 0.25) is 0 Å². The third-order valence-corrected chi connectivity index (χ3v) is 3.90. The van der Waals surface area contributed by atoms with Gasteiger partial charge < -0.3 is 10.6 Å². The number of hydrogen-bond donors (Lipinski definition) is 1. The lowest BCUT2D eigenvalue weighted by Crippen LogP contribution is -2.45. The number of anilines is 1. The molecular weight excluding hydrogens is 258 g/mol. The van der Waals surface area contributed by atoms with Crippen molar-refractivity contribution >= 4 is 11.5 Å². The minimum Gasteiger partial charge on any atom is -0.347 e. The second kappa shape index (κ2) is 6.21. The van der Waals surface area contributed by atoms with Crippen LogP contribution in [0.1, 0.15) is 38.3 Å². The zero-order valence-corrected chi connectivity index (χ0v) is 12.2. The highest BCUT2D eigenvalue weighted by Crippen LogP contribution is 2.35. The van der Waals surface area contributed by atoms with Crippen molar-refractivity contribution in [3.05, 3.63) is 15.8 Å². The van der Waals surface area contributed by atoms with Gasteiger partial charge in [-0.1, -0.05) is 13.3 Å². The van der Waals surface area contributed by atoms with Crippen molar-refractivity contribution in [1.82, 2.24) is 9.78 Å². The first-order valence-electron chi connectivity index (χ1n) is 7.27. The molecule has 2 N–H and O–H groups in total. The maximum Gasteiger partial charge on any atom is 0.334 e. The fourth-order valence-electron chi connectivity index (χ4n) is 3.00. The van der Waals surface area contributed by atoms with Crippen LogP contribution < -0.4 is 10.6 Å². The molecule has 112 valence electrons. The molecule has 1 fully saturated rings. The molecule has 0 bridgehead atoms. The molecule has 1 aliphatic heterocycles. The van der Waals surface area contributed by atoms with Gasteiger partial charge in [0, 0.05) is 26.2 Å². The highest BCUT2D eigenvalue weighted by atomic mass is 16.6. The Hall–Kier alpha value is -1.63. The molecule has 7 heteroatoms. The maximum atomic E-state index is 11.5. The highest BCUT2D eigenvalue weighted by molar-refractivity contribution is 5.62.